The summed E-state index contributed by atoms with van der Waals surface area (Å²) in [5.41, 5.74) is 1.63. The van der Waals surface area contributed by atoms with Gasteiger partial charge in [-0.25, -0.2) is 14.4 Å². The predicted octanol–water partition coefficient (Wildman–Crippen LogP) is 18.6. The maximum atomic E-state index is 14.2. The van der Waals surface area contributed by atoms with Gasteiger partial charge >= 0.3 is 17.9 Å². The van der Waals surface area contributed by atoms with Crippen molar-refractivity contribution in [2.45, 2.75) is 268 Å². The van der Waals surface area contributed by atoms with E-state index in [4.69, 9.17) is 33.2 Å². The molecule has 2 aliphatic rings. The Labute approximate surface area is 528 Å². The van der Waals surface area contributed by atoms with Crippen LogP contribution in [0.2, 0.25) is 0 Å². The Morgan fingerprint density at radius 3 is 1.36 bits per heavy atom. The van der Waals surface area contributed by atoms with Gasteiger partial charge in [-0.1, -0.05) is 271 Å². The second-order valence-corrected chi connectivity index (χ2v) is 24.1. The first-order chi connectivity index (χ1) is 43.3. The van der Waals surface area contributed by atoms with Gasteiger partial charge < -0.3 is 38.5 Å². The third-order valence-corrected chi connectivity index (χ3v) is 16.8. The van der Waals surface area contributed by atoms with Crippen LogP contribution >= 0.6 is 0 Å². The van der Waals surface area contributed by atoms with Gasteiger partial charge in [-0.05, 0) is 87.4 Å². The summed E-state index contributed by atoms with van der Waals surface area (Å²) in [6.07, 6.45) is 38.6. The van der Waals surface area contributed by atoms with Crippen LogP contribution in [0, 0.1) is 0 Å². The van der Waals surface area contributed by atoms with E-state index in [2.05, 4.69) is 31.3 Å². The fourth-order valence-corrected chi connectivity index (χ4v) is 11.5. The normalized spacial score (nSPS) is 19.0. The van der Waals surface area contributed by atoms with Gasteiger partial charge in [0.25, 0.3) is 0 Å². The lowest BCUT2D eigenvalue weighted by atomic mass is 9.96. The zero-order valence-electron chi connectivity index (χ0n) is 53.5. The van der Waals surface area contributed by atoms with Gasteiger partial charge in [-0.3, -0.25) is 4.79 Å². The Kier molecular flexibility index (Phi) is 36.0. The highest BCUT2D eigenvalue weighted by Gasteiger charge is 2.55. The number of amides is 1. The average Bonchev–Trinajstić information content (AvgIpc) is 1.26. The van der Waals surface area contributed by atoms with Crippen molar-refractivity contribution in [3.05, 3.63) is 168 Å². The van der Waals surface area contributed by atoms with Crippen molar-refractivity contribution in [2.75, 3.05) is 13.2 Å². The summed E-state index contributed by atoms with van der Waals surface area (Å²) < 4.78 is 45.5. The summed E-state index contributed by atoms with van der Waals surface area (Å²) in [6.45, 7) is 4.28. The van der Waals surface area contributed by atoms with Crippen LogP contribution in [0.5, 0.6) is 0 Å². The van der Waals surface area contributed by atoms with Crippen LogP contribution in [0.15, 0.2) is 146 Å². The smallest absolute Gasteiger partial charge is 0.338 e. The first-order valence-corrected chi connectivity index (χ1v) is 34.3. The molecule has 12 nitrogen and oxygen atoms in total. The minimum absolute atomic E-state index is 0.0137. The highest BCUT2D eigenvalue weighted by Crippen LogP contribution is 2.38. The second-order valence-electron chi connectivity index (χ2n) is 24.1. The lowest BCUT2D eigenvalue weighted by Crippen LogP contribution is -2.64. The van der Waals surface area contributed by atoms with E-state index in [9.17, 15) is 19.2 Å². The molecule has 8 atom stereocenters. The third-order valence-electron chi connectivity index (χ3n) is 16.8. The zero-order valence-corrected chi connectivity index (χ0v) is 53.5. The van der Waals surface area contributed by atoms with Crippen molar-refractivity contribution >= 4 is 23.8 Å². The van der Waals surface area contributed by atoms with Gasteiger partial charge in [0.05, 0.1) is 35.9 Å². The van der Waals surface area contributed by atoms with E-state index in [-0.39, 0.29) is 36.7 Å². The van der Waals surface area contributed by atoms with Crippen molar-refractivity contribution < 1.29 is 52.3 Å². The van der Waals surface area contributed by atoms with E-state index in [1.807, 2.05) is 48.6 Å². The third kappa shape index (κ3) is 27.9. The maximum Gasteiger partial charge on any atom is 0.338 e. The van der Waals surface area contributed by atoms with E-state index in [1.165, 1.54) is 148 Å². The molecule has 6 rings (SSSR count). The van der Waals surface area contributed by atoms with Crippen LogP contribution in [0.1, 0.15) is 262 Å². The van der Waals surface area contributed by atoms with Crippen molar-refractivity contribution in [1.82, 2.24) is 5.32 Å². The van der Waals surface area contributed by atoms with Gasteiger partial charge in [0.1, 0.15) is 18.3 Å². The van der Waals surface area contributed by atoms with Crippen LogP contribution in [0.4, 0.5) is 0 Å². The Morgan fingerprint density at radius 1 is 0.477 bits per heavy atom. The molecule has 0 aliphatic carbocycles. The molecule has 12 heteroatoms. The molecule has 0 bridgehead atoms. The number of ether oxygens (including phenoxy) is 7. The highest BCUT2D eigenvalue weighted by atomic mass is 16.8. The van der Waals surface area contributed by atoms with Gasteiger partial charge in [0.2, 0.25) is 5.91 Å². The van der Waals surface area contributed by atoms with E-state index in [0.29, 0.717) is 12.0 Å². The number of benzene rings is 4. The molecule has 88 heavy (non-hydrogen) atoms. The monoisotopic (exact) mass is 1210 g/mol. The number of fused-ring (bicyclic) bond motifs is 1. The summed E-state index contributed by atoms with van der Waals surface area (Å²) in [5, 5.41) is 3.20. The first kappa shape index (κ1) is 71.2. The fraction of sp³-hybridized carbons (Fsp3) is 0.579. The van der Waals surface area contributed by atoms with E-state index >= 15 is 0 Å². The summed E-state index contributed by atoms with van der Waals surface area (Å²) in [4.78, 5) is 56.6. The number of allylic oxidation sites excluding steroid dienone is 3. The van der Waals surface area contributed by atoms with E-state index in [1.54, 1.807) is 84.9 Å². The van der Waals surface area contributed by atoms with Crippen molar-refractivity contribution in [3.8, 4) is 0 Å². The first-order valence-electron chi connectivity index (χ1n) is 34.3. The Balaban J connectivity index is 1.13. The van der Waals surface area contributed by atoms with Gasteiger partial charge in [-0.15, -0.1) is 0 Å². The molecule has 2 saturated heterocycles. The molecular formula is C76H107NO11. The number of rotatable bonds is 46. The second kappa shape index (κ2) is 44.5. The number of hydrogen-bond donors (Lipinski definition) is 1. The molecule has 2 heterocycles. The fourth-order valence-electron chi connectivity index (χ4n) is 11.5. The molecule has 1 amide bonds. The highest BCUT2D eigenvalue weighted by molar-refractivity contribution is 5.91. The van der Waals surface area contributed by atoms with Gasteiger partial charge in [0, 0.05) is 12.0 Å². The molecular weight excluding hydrogens is 1100 g/mol. The average molecular weight is 1210 g/mol. The Hall–Kier alpha value is -5.92. The predicted molar refractivity (Wildman–Crippen MR) is 351 cm³/mol. The molecule has 1 unspecified atom stereocenters. The van der Waals surface area contributed by atoms with Gasteiger partial charge in [0.15, 0.2) is 24.8 Å². The van der Waals surface area contributed by atoms with E-state index < -0.39 is 67.0 Å². The molecule has 4 aromatic rings. The zero-order chi connectivity index (χ0) is 61.9. The van der Waals surface area contributed by atoms with Crippen LogP contribution in [-0.2, 0) is 38.0 Å². The maximum absolute atomic E-state index is 14.2. The summed E-state index contributed by atoms with van der Waals surface area (Å²) in [6, 6.07) is 34.3. The quantitative estimate of drug-likeness (QED) is 0.0195. The van der Waals surface area contributed by atoms with Crippen LogP contribution in [0.25, 0.3) is 0 Å². The van der Waals surface area contributed by atoms with Crippen molar-refractivity contribution in [3.63, 3.8) is 0 Å². The number of carbonyl (C=O) groups excluding carboxylic acids is 4. The van der Waals surface area contributed by atoms with Crippen molar-refractivity contribution in [1.29, 1.82) is 0 Å². The topological polar surface area (TPSA) is 145 Å². The standard InChI is InChI=1S/C76H107NO11/c1-3-5-7-9-11-13-15-17-18-19-20-21-22-23-24-26-28-30-32-34-48-58-68(78)77-65(66(84-72(79)61-49-39-35-40-50-61)57-47-33-31-29-27-25-16-14-12-10-8-6-4-2)59-82-76-71(87-74(81)63-53-43-37-44-54-63)70(86-73(80)62-51-41-36-42-52-62)69-67(85-76)60-83-75(88-69)64-55-45-38-46-56-64/h17-18,35-47,49-57,65-67,69-71,75-76H,3-16,19-34,48,58-60H2,1-2H3,(H,77,78)/b18-17-,57-47+/t65-,66+,67+,69-,70-,71+,75?,76-/m0/s1. The van der Waals surface area contributed by atoms with Gasteiger partial charge in [-0.2, -0.15) is 0 Å². The number of hydrogen-bond acceptors (Lipinski definition) is 11. The largest absolute Gasteiger partial charge is 0.452 e. The molecule has 2 aliphatic heterocycles. The SMILES string of the molecule is CCCCCCCC/C=C\CCCCCCCCCCCCCC(=O)N[C@@H](CO[C@H]1O[C@@H]2COC(c3ccccc3)O[C@@H]2[C@H](OC(=O)c2ccccc2)[C@H]1OC(=O)c1ccccc1)[C@@H](/C=C/CCCCCCCCCCCCC)OC(=O)c1ccccc1. The van der Waals surface area contributed by atoms with Crippen LogP contribution in [-0.4, -0.2) is 79.9 Å². The molecule has 4 aromatic carbocycles. The molecule has 1 N–H and O–H groups in total. The van der Waals surface area contributed by atoms with E-state index in [0.717, 1.165) is 50.5 Å². The summed E-state index contributed by atoms with van der Waals surface area (Å²) in [5.74, 6) is -2.15. The Bertz CT molecular complexity index is 2520. The number of nitrogens with one attached hydrogen (secondary N) is 1. The molecule has 0 spiro atoms. The Morgan fingerprint density at radius 2 is 0.886 bits per heavy atom. The molecule has 0 saturated carbocycles. The number of unbranched alkanes of at least 4 members (excludes halogenated alkanes) is 28. The molecule has 0 radical (unpaired) electrons. The molecule has 2 fully saturated rings. The molecule has 482 valence electrons. The lowest BCUT2D eigenvalue weighted by molar-refractivity contribution is -0.360. The van der Waals surface area contributed by atoms with Crippen LogP contribution in [0.3, 0.4) is 0 Å². The summed E-state index contributed by atoms with van der Waals surface area (Å²) in [7, 11) is 0. The number of esters is 3. The minimum atomic E-state index is -1.40. The minimum Gasteiger partial charge on any atom is -0.452 e. The molecule has 0 aromatic heterocycles. The summed E-state index contributed by atoms with van der Waals surface area (Å²) >= 11 is 0. The van der Waals surface area contributed by atoms with Crippen LogP contribution < -0.4 is 5.32 Å². The number of carbonyl (C=O) groups is 4. The lowest BCUT2D eigenvalue weighted by Gasteiger charge is -2.48. The van der Waals surface area contributed by atoms with Crippen molar-refractivity contribution in [2.24, 2.45) is 0 Å².